The molecule has 2 atom stereocenters. The van der Waals surface area contributed by atoms with Crippen LogP contribution >= 0.6 is 23.8 Å². The summed E-state index contributed by atoms with van der Waals surface area (Å²) in [5.74, 6) is 1.39. The molecule has 1 aliphatic rings. The molecule has 2 aromatic heterocycles. The predicted molar refractivity (Wildman–Crippen MR) is 152 cm³/mol. The van der Waals surface area contributed by atoms with E-state index in [-0.39, 0.29) is 12.1 Å². The van der Waals surface area contributed by atoms with Crippen LogP contribution in [-0.2, 0) is 0 Å². The Morgan fingerprint density at radius 2 is 1.76 bits per heavy atom. The summed E-state index contributed by atoms with van der Waals surface area (Å²) in [4.78, 5) is 6.82. The summed E-state index contributed by atoms with van der Waals surface area (Å²) < 4.78 is 13.5. The summed E-state index contributed by atoms with van der Waals surface area (Å²) in [5.41, 5.74) is 7.33. The van der Waals surface area contributed by atoms with E-state index in [0.29, 0.717) is 21.6 Å². The van der Waals surface area contributed by atoms with Gasteiger partial charge in [-0.05, 0) is 86.6 Å². The summed E-state index contributed by atoms with van der Waals surface area (Å²) >= 11 is 12.3. The lowest BCUT2D eigenvalue weighted by atomic mass is 9.96. The number of methoxy groups -OCH3 is 2. The quantitative estimate of drug-likeness (QED) is 0.281. The molecule has 0 radical (unpaired) electrons. The zero-order valence-corrected chi connectivity index (χ0v) is 23.0. The highest BCUT2D eigenvalue weighted by molar-refractivity contribution is 7.80. The number of ether oxygens (including phenoxy) is 2. The van der Waals surface area contributed by atoms with Crippen molar-refractivity contribution in [1.29, 1.82) is 0 Å². The standard InChI is InChI=1S/C29H29ClN4O2S/c1-17-9-10-20(30)15-25(17)33-18(2)14-22(19(33)3)28-27(23-8-6-7-13-31-23)32-29(37)34(28)24-12-11-21(35-4)16-26(24)36-5/h6-16,27-28H,1-5H3,(H,32,37)/t27-,28+/m0/s1. The van der Waals surface area contributed by atoms with Crippen LogP contribution in [0.15, 0.2) is 66.9 Å². The molecule has 1 saturated heterocycles. The SMILES string of the molecule is COc1ccc(N2C(=S)N[C@@H](c3ccccn3)[C@H]2c2cc(C)n(-c3cc(Cl)ccc3C)c2C)c(OC)c1. The van der Waals surface area contributed by atoms with E-state index in [0.717, 1.165) is 39.6 Å². The Labute approximate surface area is 227 Å². The molecular weight excluding hydrogens is 504 g/mol. The van der Waals surface area contributed by atoms with E-state index in [1.807, 2.05) is 60.8 Å². The van der Waals surface area contributed by atoms with Gasteiger partial charge < -0.3 is 24.3 Å². The molecule has 4 aromatic rings. The summed E-state index contributed by atoms with van der Waals surface area (Å²) in [7, 11) is 3.30. The van der Waals surface area contributed by atoms with Gasteiger partial charge in [-0.1, -0.05) is 23.7 Å². The van der Waals surface area contributed by atoms with Gasteiger partial charge in [0, 0.05) is 34.4 Å². The number of thiocarbonyl (C=S) groups is 1. The first-order valence-corrected chi connectivity index (χ1v) is 12.8. The van der Waals surface area contributed by atoms with Crippen LogP contribution in [0.4, 0.5) is 5.69 Å². The Kier molecular flexibility index (Phi) is 6.84. The van der Waals surface area contributed by atoms with Crippen LogP contribution < -0.4 is 19.7 Å². The fourth-order valence-corrected chi connectivity index (χ4v) is 5.70. The number of nitrogens with zero attached hydrogens (tertiary/aromatic N) is 3. The minimum atomic E-state index is -0.177. The topological polar surface area (TPSA) is 51.5 Å². The monoisotopic (exact) mass is 532 g/mol. The smallest absolute Gasteiger partial charge is 0.174 e. The summed E-state index contributed by atoms with van der Waals surface area (Å²) in [6.45, 7) is 6.36. The van der Waals surface area contributed by atoms with Gasteiger partial charge in [-0.15, -0.1) is 0 Å². The summed E-state index contributed by atoms with van der Waals surface area (Å²) in [5, 5.41) is 4.85. The number of anilines is 1. The van der Waals surface area contributed by atoms with Crippen molar-refractivity contribution >= 4 is 34.6 Å². The van der Waals surface area contributed by atoms with E-state index in [2.05, 4.69) is 46.6 Å². The van der Waals surface area contributed by atoms with Crippen LogP contribution in [0.2, 0.25) is 5.02 Å². The Morgan fingerprint density at radius 1 is 0.946 bits per heavy atom. The minimum absolute atomic E-state index is 0.171. The lowest BCUT2D eigenvalue weighted by Gasteiger charge is -2.29. The molecule has 37 heavy (non-hydrogen) atoms. The molecule has 0 spiro atoms. The second-order valence-corrected chi connectivity index (χ2v) is 9.95. The summed E-state index contributed by atoms with van der Waals surface area (Å²) in [6.07, 6.45) is 1.81. The lowest BCUT2D eigenvalue weighted by molar-refractivity contribution is 0.394. The number of nitrogens with one attached hydrogen (secondary N) is 1. The third-order valence-electron chi connectivity index (χ3n) is 6.95. The molecule has 5 rings (SSSR count). The van der Waals surface area contributed by atoms with Crippen molar-refractivity contribution in [2.45, 2.75) is 32.9 Å². The molecule has 0 amide bonds. The minimum Gasteiger partial charge on any atom is -0.497 e. The van der Waals surface area contributed by atoms with Gasteiger partial charge >= 0.3 is 0 Å². The van der Waals surface area contributed by atoms with E-state index >= 15 is 0 Å². The molecule has 6 nitrogen and oxygen atoms in total. The average Bonchev–Trinajstić information content (AvgIpc) is 3.40. The first kappa shape index (κ1) is 25.1. The maximum absolute atomic E-state index is 6.41. The predicted octanol–water partition coefficient (Wildman–Crippen LogP) is 6.65. The molecule has 0 aliphatic carbocycles. The highest BCUT2D eigenvalue weighted by Gasteiger charge is 2.43. The number of aryl methyl sites for hydroxylation is 2. The molecule has 3 heterocycles. The molecule has 1 fully saturated rings. The number of benzene rings is 2. The van der Waals surface area contributed by atoms with Crippen molar-refractivity contribution in [1.82, 2.24) is 14.9 Å². The first-order valence-electron chi connectivity index (χ1n) is 12.0. The van der Waals surface area contributed by atoms with Gasteiger partial charge in [0.15, 0.2) is 5.11 Å². The van der Waals surface area contributed by atoms with Crippen molar-refractivity contribution in [3.63, 3.8) is 0 Å². The third kappa shape index (κ3) is 4.43. The Balaban J connectivity index is 1.72. The van der Waals surface area contributed by atoms with Crippen molar-refractivity contribution in [3.8, 4) is 17.2 Å². The van der Waals surface area contributed by atoms with Crippen LogP contribution in [0, 0.1) is 20.8 Å². The normalized spacial score (nSPS) is 17.1. The summed E-state index contributed by atoms with van der Waals surface area (Å²) in [6, 6.07) is 19.6. The van der Waals surface area contributed by atoms with Gasteiger partial charge in [-0.2, -0.15) is 0 Å². The fourth-order valence-electron chi connectivity index (χ4n) is 5.20. The van der Waals surface area contributed by atoms with Crippen molar-refractivity contribution in [3.05, 3.63) is 100 Å². The molecule has 1 aliphatic heterocycles. The molecule has 2 aromatic carbocycles. The highest BCUT2D eigenvalue weighted by Crippen LogP contribution is 2.47. The van der Waals surface area contributed by atoms with Gasteiger partial charge in [-0.3, -0.25) is 4.98 Å². The van der Waals surface area contributed by atoms with Gasteiger partial charge in [0.2, 0.25) is 0 Å². The third-order valence-corrected chi connectivity index (χ3v) is 7.50. The van der Waals surface area contributed by atoms with E-state index in [9.17, 15) is 0 Å². The Morgan fingerprint density at radius 3 is 2.46 bits per heavy atom. The second kappa shape index (κ2) is 10.1. The van der Waals surface area contributed by atoms with E-state index in [1.165, 1.54) is 0 Å². The van der Waals surface area contributed by atoms with Gasteiger partial charge in [-0.25, -0.2) is 0 Å². The van der Waals surface area contributed by atoms with Crippen LogP contribution in [0.3, 0.4) is 0 Å². The fraction of sp³-hybridized carbons (Fsp3) is 0.241. The Bertz CT molecular complexity index is 1470. The molecule has 1 N–H and O–H groups in total. The average molecular weight is 533 g/mol. The maximum atomic E-state index is 6.41. The Hall–Kier alpha value is -3.55. The number of hydrogen-bond acceptors (Lipinski definition) is 4. The number of hydrogen-bond donors (Lipinski definition) is 1. The first-order chi connectivity index (χ1) is 17.8. The van der Waals surface area contributed by atoms with E-state index in [1.54, 1.807) is 14.2 Å². The van der Waals surface area contributed by atoms with Crippen LogP contribution in [-0.4, -0.2) is 28.9 Å². The number of aromatic nitrogens is 2. The lowest BCUT2D eigenvalue weighted by Crippen LogP contribution is -2.30. The van der Waals surface area contributed by atoms with Crippen LogP contribution in [0.25, 0.3) is 5.69 Å². The second-order valence-electron chi connectivity index (χ2n) is 9.13. The van der Waals surface area contributed by atoms with Crippen molar-refractivity contribution in [2.24, 2.45) is 0 Å². The van der Waals surface area contributed by atoms with Crippen molar-refractivity contribution in [2.75, 3.05) is 19.1 Å². The number of rotatable bonds is 6. The van der Waals surface area contributed by atoms with E-state index < -0.39 is 0 Å². The van der Waals surface area contributed by atoms with Gasteiger partial charge in [0.05, 0.1) is 37.7 Å². The zero-order valence-electron chi connectivity index (χ0n) is 21.4. The zero-order chi connectivity index (χ0) is 26.3. The molecule has 190 valence electrons. The number of pyridine rings is 1. The maximum Gasteiger partial charge on any atom is 0.174 e. The molecule has 0 saturated carbocycles. The number of halogens is 1. The van der Waals surface area contributed by atoms with Gasteiger partial charge in [0.25, 0.3) is 0 Å². The highest BCUT2D eigenvalue weighted by atomic mass is 35.5. The van der Waals surface area contributed by atoms with Crippen LogP contribution in [0.1, 0.15) is 40.3 Å². The molecular formula is C29H29ClN4O2S. The molecule has 0 bridgehead atoms. The van der Waals surface area contributed by atoms with Crippen molar-refractivity contribution < 1.29 is 9.47 Å². The molecule has 0 unspecified atom stereocenters. The van der Waals surface area contributed by atoms with Gasteiger partial charge in [0.1, 0.15) is 11.5 Å². The molecule has 8 heteroatoms. The van der Waals surface area contributed by atoms with Crippen LogP contribution in [0.5, 0.6) is 11.5 Å². The largest absolute Gasteiger partial charge is 0.497 e. The van der Waals surface area contributed by atoms with E-state index in [4.69, 9.17) is 33.3 Å².